The quantitative estimate of drug-likeness (QED) is 0.837. The maximum atomic E-state index is 11.8. The Labute approximate surface area is 112 Å². The van der Waals surface area contributed by atoms with Gasteiger partial charge in [0, 0.05) is 4.88 Å². The van der Waals surface area contributed by atoms with Crippen LogP contribution in [0.4, 0.5) is 5.00 Å². The van der Waals surface area contributed by atoms with Crippen LogP contribution >= 0.6 is 23.1 Å². The van der Waals surface area contributed by atoms with Gasteiger partial charge in [-0.1, -0.05) is 0 Å². The van der Waals surface area contributed by atoms with Gasteiger partial charge in [-0.25, -0.2) is 9.69 Å². The van der Waals surface area contributed by atoms with E-state index < -0.39 is 5.97 Å². The van der Waals surface area contributed by atoms with Crippen molar-refractivity contribution in [1.82, 2.24) is 0 Å². The van der Waals surface area contributed by atoms with Gasteiger partial charge >= 0.3 is 5.97 Å². The molecule has 96 valence electrons. The number of imide groups is 1. The third-order valence-electron chi connectivity index (χ3n) is 2.73. The lowest BCUT2D eigenvalue weighted by Gasteiger charge is -2.23. The van der Waals surface area contributed by atoms with Crippen LogP contribution in [0.2, 0.25) is 0 Å². The second-order valence-corrected chi connectivity index (χ2v) is 6.07. The average molecular weight is 285 g/mol. The van der Waals surface area contributed by atoms with E-state index in [4.69, 9.17) is 0 Å². The first kappa shape index (κ1) is 13.1. The van der Waals surface area contributed by atoms with Crippen molar-refractivity contribution in [3.05, 3.63) is 16.0 Å². The summed E-state index contributed by atoms with van der Waals surface area (Å²) in [7, 11) is 0. The Kier molecular flexibility index (Phi) is 3.45. The molecule has 2 heterocycles. The van der Waals surface area contributed by atoms with E-state index >= 15 is 0 Å². The molecule has 1 aliphatic heterocycles. The molecule has 0 spiro atoms. The molecular formula is C11H11NO4S2. The summed E-state index contributed by atoms with van der Waals surface area (Å²) in [5.74, 6) is -1.38. The fourth-order valence-corrected chi connectivity index (χ4v) is 3.63. The highest BCUT2D eigenvalue weighted by atomic mass is 32.2. The van der Waals surface area contributed by atoms with Crippen LogP contribution < -0.4 is 4.90 Å². The third-order valence-corrected chi connectivity index (χ3v) is 4.83. The van der Waals surface area contributed by atoms with E-state index in [1.54, 1.807) is 13.8 Å². The molecule has 7 heteroatoms. The van der Waals surface area contributed by atoms with E-state index in [2.05, 4.69) is 0 Å². The largest absolute Gasteiger partial charge is 0.478 e. The summed E-state index contributed by atoms with van der Waals surface area (Å²) in [5.41, 5.74) is 0.674. The standard InChI is InChI=1S/C11H11NO4S2/c1-5-6(2)18-10(9(5)11(15)16)12-7(13)3-17-4-8(12)14/h3-4H2,1-2H3,(H,15,16). The number of hydrogen-bond acceptors (Lipinski definition) is 5. The highest BCUT2D eigenvalue weighted by Gasteiger charge is 2.33. The van der Waals surface area contributed by atoms with Gasteiger partial charge in [0.15, 0.2) is 0 Å². The normalized spacial score (nSPS) is 16.2. The Hall–Kier alpha value is -1.34. The molecule has 1 aromatic heterocycles. The summed E-state index contributed by atoms with van der Waals surface area (Å²) < 4.78 is 0. The molecule has 0 aliphatic carbocycles. The fraction of sp³-hybridized carbons (Fsp3) is 0.364. The van der Waals surface area contributed by atoms with Gasteiger partial charge in [-0.15, -0.1) is 23.1 Å². The number of carbonyl (C=O) groups is 3. The fourth-order valence-electron chi connectivity index (χ4n) is 1.74. The third kappa shape index (κ3) is 2.04. The highest BCUT2D eigenvalue weighted by Crippen LogP contribution is 2.37. The Morgan fingerprint density at radius 1 is 1.22 bits per heavy atom. The van der Waals surface area contributed by atoms with Crippen LogP contribution in [0.3, 0.4) is 0 Å². The molecular weight excluding hydrogens is 274 g/mol. The first-order valence-electron chi connectivity index (χ1n) is 5.20. The topological polar surface area (TPSA) is 74.7 Å². The number of anilines is 1. The minimum absolute atomic E-state index is 0.0612. The summed E-state index contributed by atoms with van der Waals surface area (Å²) in [5, 5.41) is 9.46. The smallest absolute Gasteiger partial charge is 0.339 e. The van der Waals surface area contributed by atoms with Crippen LogP contribution in [0.1, 0.15) is 20.8 Å². The van der Waals surface area contributed by atoms with Crippen LogP contribution in [-0.2, 0) is 9.59 Å². The van der Waals surface area contributed by atoms with Crippen LogP contribution in [0.15, 0.2) is 0 Å². The lowest BCUT2D eigenvalue weighted by molar-refractivity contribution is -0.124. The van der Waals surface area contributed by atoms with Gasteiger partial charge in [0.2, 0.25) is 11.8 Å². The van der Waals surface area contributed by atoms with Crippen molar-refractivity contribution < 1.29 is 19.5 Å². The number of rotatable bonds is 2. The molecule has 5 nitrogen and oxygen atoms in total. The summed E-state index contributed by atoms with van der Waals surface area (Å²) in [6, 6.07) is 0. The Balaban J connectivity index is 2.56. The summed E-state index contributed by atoms with van der Waals surface area (Å²) in [6.07, 6.45) is 0. The second-order valence-electron chi connectivity index (χ2n) is 3.88. The maximum Gasteiger partial charge on any atom is 0.339 e. The van der Waals surface area contributed by atoms with Crippen LogP contribution in [0.25, 0.3) is 0 Å². The average Bonchev–Trinajstić information content (AvgIpc) is 2.55. The van der Waals surface area contributed by atoms with Gasteiger partial charge in [0.05, 0.1) is 17.1 Å². The molecule has 2 rings (SSSR count). The Morgan fingerprint density at radius 2 is 1.78 bits per heavy atom. The van der Waals surface area contributed by atoms with Crippen molar-refractivity contribution in [2.45, 2.75) is 13.8 Å². The SMILES string of the molecule is Cc1sc(N2C(=O)CSCC2=O)c(C(=O)O)c1C. The van der Waals surface area contributed by atoms with Crippen LogP contribution in [-0.4, -0.2) is 34.4 Å². The number of thiophene rings is 1. The van der Waals surface area contributed by atoms with Gasteiger partial charge in [-0.05, 0) is 19.4 Å². The first-order valence-corrected chi connectivity index (χ1v) is 7.17. The van der Waals surface area contributed by atoms with Gasteiger partial charge in [0.25, 0.3) is 0 Å². The van der Waals surface area contributed by atoms with E-state index in [1.165, 1.54) is 23.1 Å². The number of carbonyl (C=O) groups excluding carboxylic acids is 2. The molecule has 0 radical (unpaired) electrons. The van der Waals surface area contributed by atoms with Crippen molar-refractivity contribution in [2.24, 2.45) is 0 Å². The number of thioether (sulfide) groups is 1. The van der Waals surface area contributed by atoms with Gasteiger partial charge in [0.1, 0.15) is 5.00 Å². The van der Waals surface area contributed by atoms with Crippen molar-refractivity contribution in [3.63, 3.8) is 0 Å². The number of carboxylic acids is 1. The van der Waals surface area contributed by atoms with Gasteiger partial charge < -0.3 is 5.11 Å². The summed E-state index contributed by atoms with van der Waals surface area (Å²) in [6.45, 7) is 3.47. The molecule has 0 unspecified atom stereocenters. The molecule has 1 N–H and O–H groups in total. The Morgan fingerprint density at radius 3 is 2.28 bits per heavy atom. The van der Waals surface area contributed by atoms with E-state index in [1.807, 2.05) is 0 Å². The number of carboxylic acid groups (broad SMARTS) is 1. The summed E-state index contributed by atoms with van der Waals surface area (Å²) in [4.78, 5) is 36.7. The number of amides is 2. The van der Waals surface area contributed by atoms with E-state index in [9.17, 15) is 19.5 Å². The number of nitrogens with zero attached hydrogens (tertiary/aromatic N) is 1. The molecule has 1 aromatic rings. The molecule has 1 aliphatic rings. The van der Waals surface area contributed by atoms with Crippen molar-refractivity contribution in [2.75, 3.05) is 16.4 Å². The molecule has 0 saturated carbocycles. The molecule has 2 amide bonds. The molecule has 1 fully saturated rings. The zero-order chi connectivity index (χ0) is 13.4. The van der Waals surface area contributed by atoms with E-state index in [0.29, 0.717) is 5.56 Å². The van der Waals surface area contributed by atoms with Gasteiger partial charge in [-0.3, -0.25) is 9.59 Å². The van der Waals surface area contributed by atoms with Gasteiger partial charge in [-0.2, -0.15) is 0 Å². The summed E-state index contributed by atoms with van der Waals surface area (Å²) >= 11 is 2.43. The lowest BCUT2D eigenvalue weighted by Crippen LogP contribution is -2.43. The van der Waals surface area contributed by atoms with Crippen molar-refractivity contribution >= 4 is 45.9 Å². The molecule has 0 bridgehead atoms. The molecule has 0 aromatic carbocycles. The zero-order valence-corrected chi connectivity index (χ0v) is 11.5. The van der Waals surface area contributed by atoms with Crippen molar-refractivity contribution in [3.8, 4) is 0 Å². The monoisotopic (exact) mass is 285 g/mol. The zero-order valence-electron chi connectivity index (χ0n) is 9.85. The maximum absolute atomic E-state index is 11.8. The number of hydrogen-bond donors (Lipinski definition) is 1. The first-order chi connectivity index (χ1) is 8.43. The molecule has 1 saturated heterocycles. The number of aromatic carboxylic acids is 1. The minimum Gasteiger partial charge on any atom is -0.478 e. The number of aryl methyl sites for hydroxylation is 1. The van der Waals surface area contributed by atoms with Crippen LogP contribution in [0.5, 0.6) is 0 Å². The minimum atomic E-state index is -1.11. The molecule has 18 heavy (non-hydrogen) atoms. The second kappa shape index (κ2) is 4.74. The van der Waals surface area contributed by atoms with E-state index in [-0.39, 0.29) is 33.9 Å². The molecule has 0 atom stereocenters. The Bertz CT molecular complexity index is 533. The van der Waals surface area contributed by atoms with Crippen LogP contribution in [0, 0.1) is 13.8 Å². The predicted octanol–water partition coefficient (Wildman–Crippen LogP) is 1.67. The highest BCUT2D eigenvalue weighted by molar-refractivity contribution is 8.00. The lowest BCUT2D eigenvalue weighted by atomic mass is 10.1. The predicted molar refractivity (Wildman–Crippen MR) is 70.6 cm³/mol. The van der Waals surface area contributed by atoms with Crippen molar-refractivity contribution in [1.29, 1.82) is 0 Å². The van der Waals surface area contributed by atoms with E-state index in [0.717, 1.165) is 9.78 Å².